The summed E-state index contributed by atoms with van der Waals surface area (Å²) in [6, 6.07) is 16.1. The van der Waals surface area contributed by atoms with Gasteiger partial charge >= 0.3 is 0 Å². The minimum atomic E-state index is -0.0550. The highest BCUT2D eigenvalue weighted by molar-refractivity contribution is 7.99. The second kappa shape index (κ2) is 8.36. The van der Waals surface area contributed by atoms with Gasteiger partial charge in [0.05, 0.1) is 0 Å². The first-order valence-corrected chi connectivity index (χ1v) is 9.59. The van der Waals surface area contributed by atoms with Crippen LogP contribution in [0.25, 0.3) is 0 Å². The van der Waals surface area contributed by atoms with Crippen LogP contribution in [0.3, 0.4) is 0 Å². The zero-order valence-corrected chi connectivity index (χ0v) is 14.9. The van der Waals surface area contributed by atoms with Gasteiger partial charge in [0, 0.05) is 22.7 Å². The van der Waals surface area contributed by atoms with Crippen LogP contribution in [0.1, 0.15) is 41.6 Å². The first kappa shape index (κ1) is 17.1. The molecule has 126 valence electrons. The molecular formula is C20H24N2OS. The summed E-state index contributed by atoms with van der Waals surface area (Å²) in [5.74, 6) is 1.54. The van der Waals surface area contributed by atoms with Crippen LogP contribution in [0.15, 0.2) is 53.4 Å². The van der Waals surface area contributed by atoms with Gasteiger partial charge < -0.3 is 10.6 Å². The van der Waals surface area contributed by atoms with Crippen molar-refractivity contribution in [3.8, 4) is 0 Å². The fraction of sp³-hybridized carbons (Fsp3) is 0.350. The highest BCUT2D eigenvalue weighted by Crippen LogP contribution is 2.25. The maximum atomic E-state index is 12.4. The van der Waals surface area contributed by atoms with Gasteiger partial charge in [-0.1, -0.05) is 25.1 Å². The number of piperidine rings is 1. The van der Waals surface area contributed by atoms with Crippen LogP contribution < -0.4 is 10.6 Å². The summed E-state index contributed by atoms with van der Waals surface area (Å²) in [6.45, 7) is 4.29. The summed E-state index contributed by atoms with van der Waals surface area (Å²) in [5.41, 5.74) is 2.90. The third-order valence-corrected chi connectivity index (χ3v) is 5.22. The zero-order valence-electron chi connectivity index (χ0n) is 14.0. The first-order valence-electron chi connectivity index (χ1n) is 8.61. The number of carbonyl (C=O) groups is 1. The number of anilines is 1. The second-order valence-electron chi connectivity index (χ2n) is 6.08. The van der Waals surface area contributed by atoms with Gasteiger partial charge in [0.1, 0.15) is 0 Å². The molecule has 0 radical (unpaired) electrons. The Morgan fingerprint density at radius 1 is 1.25 bits per heavy atom. The fourth-order valence-corrected chi connectivity index (χ4v) is 3.79. The van der Waals surface area contributed by atoms with Gasteiger partial charge in [0.2, 0.25) is 0 Å². The van der Waals surface area contributed by atoms with Crippen LogP contribution in [0.5, 0.6) is 0 Å². The average molecular weight is 340 g/mol. The van der Waals surface area contributed by atoms with E-state index >= 15 is 0 Å². The molecule has 1 atom stereocenters. The minimum Gasteiger partial charge on any atom is -0.322 e. The predicted molar refractivity (Wildman–Crippen MR) is 102 cm³/mol. The Hall–Kier alpha value is -1.78. The molecule has 1 amide bonds. The number of hydrogen-bond donors (Lipinski definition) is 2. The number of amides is 1. The van der Waals surface area contributed by atoms with Crippen molar-refractivity contribution in [1.29, 1.82) is 0 Å². The van der Waals surface area contributed by atoms with E-state index in [2.05, 4.69) is 29.7 Å². The molecule has 0 spiro atoms. The van der Waals surface area contributed by atoms with Crippen LogP contribution in [-0.4, -0.2) is 24.7 Å². The van der Waals surface area contributed by atoms with E-state index in [1.54, 1.807) is 11.8 Å². The smallest absolute Gasteiger partial charge is 0.255 e. The maximum absolute atomic E-state index is 12.4. The maximum Gasteiger partial charge on any atom is 0.255 e. The van der Waals surface area contributed by atoms with E-state index < -0.39 is 0 Å². The fourth-order valence-electron chi connectivity index (χ4n) is 3.07. The standard InChI is InChI=1S/C20H24N2OS/c1-2-24-19-7-3-5-16(13-19)20(23)22-18-10-8-15(9-11-18)17-6-4-12-21-14-17/h3,5,7-11,13,17,21H,2,4,6,12,14H2,1H3,(H,22,23)/t17-/m1/s1. The van der Waals surface area contributed by atoms with Crippen LogP contribution >= 0.6 is 11.8 Å². The van der Waals surface area contributed by atoms with Crippen molar-refractivity contribution in [3.63, 3.8) is 0 Å². The molecule has 24 heavy (non-hydrogen) atoms. The SMILES string of the molecule is CCSc1cccc(C(=O)Nc2ccc([C@@H]3CCCNC3)cc2)c1. The number of benzene rings is 2. The number of rotatable bonds is 5. The molecule has 0 bridgehead atoms. The third-order valence-electron chi connectivity index (χ3n) is 4.34. The van der Waals surface area contributed by atoms with Crippen molar-refractivity contribution >= 4 is 23.4 Å². The van der Waals surface area contributed by atoms with Gasteiger partial charge in [-0.2, -0.15) is 0 Å². The van der Waals surface area contributed by atoms with E-state index in [9.17, 15) is 4.79 Å². The average Bonchev–Trinajstić information content (AvgIpc) is 2.64. The molecule has 1 aliphatic rings. The molecule has 0 aliphatic carbocycles. The van der Waals surface area contributed by atoms with Gasteiger partial charge in [-0.3, -0.25) is 4.79 Å². The molecule has 2 aromatic carbocycles. The Morgan fingerprint density at radius 3 is 2.79 bits per heavy atom. The number of nitrogens with one attached hydrogen (secondary N) is 2. The lowest BCUT2D eigenvalue weighted by Crippen LogP contribution is -2.28. The second-order valence-corrected chi connectivity index (χ2v) is 7.42. The molecule has 1 fully saturated rings. The highest BCUT2D eigenvalue weighted by Gasteiger charge is 2.15. The van der Waals surface area contributed by atoms with Gasteiger partial charge in [-0.25, -0.2) is 0 Å². The lowest BCUT2D eigenvalue weighted by Gasteiger charge is -2.23. The van der Waals surface area contributed by atoms with Crippen molar-refractivity contribution in [2.24, 2.45) is 0 Å². The lowest BCUT2D eigenvalue weighted by molar-refractivity contribution is 0.102. The molecule has 3 nitrogen and oxygen atoms in total. The summed E-state index contributed by atoms with van der Waals surface area (Å²) in [5, 5.41) is 6.44. The molecule has 2 N–H and O–H groups in total. The molecule has 2 aromatic rings. The van der Waals surface area contributed by atoms with Crippen LogP contribution in [-0.2, 0) is 0 Å². The number of hydrogen-bond acceptors (Lipinski definition) is 3. The lowest BCUT2D eigenvalue weighted by atomic mass is 9.91. The Labute approximate surface area is 148 Å². The van der Waals surface area contributed by atoms with Gasteiger partial charge in [0.25, 0.3) is 5.91 Å². The van der Waals surface area contributed by atoms with Crippen LogP contribution in [0, 0.1) is 0 Å². The molecule has 0 aromatic heterocycles. The van der Waals surface area contributed by atoms with Crippen molar-refractivity contribution in [3.05, 3.63) is 59.7 Å². The summed E-state index contributed by atoms with van der Waals surface area (Å²) in [4.78, 5) is 13.6. The van der Waals surface area contributed by atoms with E-state index in [0.29, 0.717) is 11.5 Å². The largest absolute Gasteiger partial charge is 0.322 e. The summed E-state index contributed by atoms with van der Waals surface area (Å²) >= 11 is 1.74. The third kappa shape index (κ3) is 4.40. The first-order chi connectivity index (χ1) is 11.8. The van der Waals surface area contributed by atoms with Crippen molar-refractivity contribution in [2.45, 2.75) is 30.6 Å². The van der Waals surface area contributed by atoms with E-state index in [1.165, 1.54) is 18.4 Å². The molecule has 4 heteroatoms. The zero-order chi connectivity index (χ0) is 16.8. The highest BCUT2D eigenvalue weighted by atomic mass is 32.2. The molecular weight excluding hydrogens is 316 g/mol. The molecule has 1 heterocycles. The molecule has 0 unspecified atom stereocenters. The summed E-state index contributed by atoms with van der Waals surface area (Å²) in [7, 11) is 0. The van der Waals surface area contributed by atoms with Crippen molar-refractivity contribution < 1.29 is 4.79 Å². The predicted octanol–water partition coefficient (Wildman–Crippen LogP) is 4.52. The number of thioether (sulfide) groups is 1. The Bertz CT molecular complexity index is 678. The Kier molecular flexibility index (Phi) is 5.94. The van der Waals surface area contributed by atoms with Crippen molar-refractivity contribution in [1.82, 2.24) is 5.32 Å². The van der Waals surface area contributed by atoms with Crippen LogP contribution in [0.4, 0.5) is 5.69 Å². The van der Waals surface area contributed by atoms with E-state index in [0.717, 1.165) is 29.4 Å². The van der Waals surface area contributed by atoms with E-state index in [4.69, 9.17) is 0 Å². The molecule has 1 aliphatic heterocycles. The molecule has 1 saturated heterocycles. The van der Waals surface area contributed by atoms with E-state index in [1.807, 2.05) is 36.4 Å². The Morgan fingerprint density at radius 2 is 2.08 bits per heavy atom. The van der Waals surface area contributed by atoms with Gasteiger partial charge in [-0.15, -0.1) is 11.8 Å². The molecule has 0 saturated carbocycles. The number of carbonyl (C=O) groups excluding carboxylic acids is 1. The van der Waals surface area contributed by atoms with Crippen molar-refractivity contribution in [2.75, 3.05) is 24.2 Å². The summed E-state index contributed by atoms with van der Waals surface area (Å²) in [6.07, 6.45) is 2.47. The minimum absolute atomic E-state index is 0.0550. The van der Waals surface area contributed by atoms with Gasteiger partial charge in [-0.05, 0) is 67.0 Å². The summed E-state index contributed by atoms with van der Waals surface area (Å²) < 4.78 is 0. The monoisotopic (exact) mass is 340 g/mol. The van der Waals surface area contributed by atoms with Crippen LogP contribution in [0.2, 0.25) is 0 Å². The van der Waals surface area contributed by atoms with Gasteiger partial charge in [0.15, 0.2) is 0 Å². The Balaban J connectivity index is 1.64. The van der Waals surface area contributed by atoms with E-state index in [-0.39, 0.29) is 5.91 Å². The topological polar surface area (TPSA) is 41.1 Å². The quantitative estimate of drug-likeness (QED) is 0.787. The molecule has 3 rings (SSSR count). The normalized spacial score (nSPS) is 17.5.